The van der Waals surface area contributed by atoms with Crippen molar-refractivity contribution >= 4 is 9.84 Å². The van der Waals surface area contributed by atoms with E-state index in [1.165, 1.54) is 0 Å². The van der Waals surface area contributed by atoms with Gasteiger partial charge in [0.2, 0.25) is 0 Å². The molecule has 16 heavy (non-hydrogen) atoms. The first-order chi connectivity index (χ1) is 7.27. The van der Waals surface area contributed by atoms with E-state index in [1.54, 1.807) is 0 Å². The SMILES string of the molecule is O=S(=O)(CCCCCCO)CCC(F)(F)F. The Labute approximate surface area is 93.6 Å². The van der Waals surface area contributed by atoms with Crippen LogP contribution in [0, 0.1) is 0 Å². The number of aliphatic hydroxyl groups is 1. The summed E-state index contributed by atoms with van der Waals surface area (Å²) >= 11 is 0. The molecule has 0 aliphatic carbocycles. The van der Waals surface area contributed by atoms with E-state index in [-0.39, 0.29) is 12.4 Å². The topological polar surface area (TPSA) is 54.4 Å². The molecule has 0 bridgehead atoms. The molecule has 7 heteroatoms. The molecular weight excluding hydrogens is 245 g/mol. The minimum atomic E-state index is -4.41. The first-order valence-corrected chi connectivity index (χ1v) is 6.97. The highest BCUT2D eigenvalue weighted by Crippen LogP contribution is 2.20. The van der Waals surface area contributed by atoms with Crippen molar-refractivity contribution in [2.75, 3.05) is 18.1 Å². The van der Waals surface area contributed by atoms with Gasteiger partial charge in [0.1, 0.15) is 0 Å². The lowest BCUT2D eigenvalue weighted by Crippen LogP contribution is -2.18. The Balaban J connectivity index is 3.71. The van der Waals surface area contributed by atoms with Gasteiger partial charge in [0.05, 0.1) is 17.9 Å². The summed E-state index contributed by atoms with van der Waals surface area (Å²) < 4.78 is 57.7. The Hall–Kier alpha value is -0.300. The molecule has 1 N–H and O–H groups in total. The van der Waals surface area contributed by atoms with Crippen LogP contribution >= 0.6 is 0 Å². The lowest BCUT2D eigenvalue weighted by Gasteiger charge is -2.07. The summed E-state index contributed by atoms with van der Waals surface area (Å²) in [6, 6.07) is 0. The first kappa shape index (κ1) is 15.7. The van der Waals surface area contributed by atoms with E-state index in [2.05, 4.69) is 0 Å². The standard InChI is InChI=1S/C9H17F3O3S/c10-9(11,12)5-8-16(14,15)7-4-2-1-3-6-13/h13H,1-8H2. The summed E-state index contributed by atoms with van der Waals surface area (Å²) in [4.78, 5) is 0. The molecule has 0 unspecified atom stereocenters. The predicted molar refractivity (Wildman–Crippen MR) is 54.9 cm³/mol. The second kappa shape index (κ2) is 7.11. The zero-order valence-corrected chi connectivity index (χ0v) is 9.78. The molecule has 0 heterocycles. The van der Waals surface area contributed by atoms with Crippen LogP contribution < -0.4 is 0 Å². The Morgan fingerprint density at radius 1 is 0.938 bits per heavy atom. The van der Waals surface area contributed by atoms with Crippen LogP contribution in [0.3, 0.4) is 0 Å². The van der Waals surface area contributed by atoms with Gasteiger partial charge in [-0.15, -0.1) is 0 Å². The van der Waals surface area contributed by atoms with Gasteiger partial charge in [0.25, 0.3) is 0 Å². The molecule has 0 atom stereocenters. The van der Waals surface area contributed by atoms with Crippen LogP contribution in [-0.2, 0) is 9.84 Å². The smallest absolute Gasteiger partial charge is 0.390 e. The summed E-state index contributed by atoms with van der Waals surface area (Å²) in [6.07, 6.45) is -3.41. The van der Waals surface area contributed by atoms with Gasteiger partial charge in [0.15, 0.2) is 9.84 Å². The second-order valence-electron chi connectivity index (χ2n) is 3.65. The Morgan fingerprint density at radius 2 is 1.50 bits per heavy atom. The maximum atomic E-state index is 11.8. The third-order valence-electron chi connectivity index (χ3n) is 2.06. The van der Waals surface area contributed by atoms with Crippen LogP contribution in [0.4, 0.5) is 13.2 Å². The fraction of sp³-hybridized carbons (Fsp3) is 1.00. The molecular formula is C9H17F3O3S. The van der Waals surface area contributed by atoms with Crippen molar-refractivity contribution < 1.29 is 26.7 Å². The van der Waals surface area contributed by atoms with Gasteiger partial charge in [-0.05, 0) is 12.8 Å². The van der Waals surface area contributed by atoms with Gasteiger partial charge in [-0.2, -0.15) is 13.2 Å². The monoisotopic (exact) mass is 262 g/mol. The van der Waals surface area contributed by atoms with Gasteiger partial charge in [0, 0.05) is 6.61 Å². The molecule has 3 nitrogen and oxygen atoms in total. The number of halogens is 3. The first-order valence-electron chi connectivity index (χ1n) is 5.15. The van der Waals surface area contributed by atoms with E-state index in [0.29, 0.717) is 25.7 Å². The van der Waals surface area contributed by atoms with Crippen LogP contribution in [0.1, 0.15) is 32.1 Å². The van der Waals surface area contributed by atoms with Crippen molar-refractivity contribution in [3.63, 3.8) is 0 Å². The van der Waals surface area contributed by atoms with Gasteiger partial charge < -0.3 is 5.11 Å². The summed E-state index contributed by atoms with van der Waals surface area (Å²) in [7, 11) is -3.58. The van der Waals surface area contributed by atoms with Crippen molar-refractivity contribution in [3.8, 4) is 0 Å². The van der Waals surface area contributed by atoms with Gasteiger partial charge in [-0.25, -0.2) is 8.42 Å². The third kappa shape index (κ3) is 10.2. The number of rotatable bonds is 8. The molecule has 0 spiro atoms. The number of aliphatic hydroxyl groups excluding tert-OH is 1. The number of alkyl halides is 3. The highest BCUT2D eigenvalue weighted by Gasteiger charge is 2.29. The maximum Gasteiger partial charge on any atom is 0.390 e. The molecule has 0 radical (unpaired) electrons. The molecule has 0 rings (SSSR count). The van der Waals surface area contributed by atoms with E-state index < -0.39 is 28.2 Å². The molecule has 0 aromatic heterocycles. The quantitative estimate of drug-likeness (QED) is 0.680. The minimum Gasteiger partial charge on any atom is -0.396 e. The minimum absolute atomic E-state index is 0.0564. The summed E-state index contributed by atoms with van der Waals surface area (Å²) in [6.45, 7) is 0.0564. The number of unbranched alkanes of at least 4 members (excludes halogenated alkanes) is 3. The molecule has 0 saturated carbocycles. The van der Waals surface area contributed by atoms with Crippen molar-refractivity contribution in [3.05, 3.63) is 0 Å². The lowest BCUT2D eigenvalue weighted by molar-refractivity contribution is -0.129. The number of sulfone groups is 1. The summed E-state index contributed by atoms with van der Waals surface area (Å²) in [5.74, 6) is -1.02. The van der Waals surface area contributed by atoms with Crippen LogP contribution in [0.5, 0.6) is 0 Å². The fourth-order valence-electron chi connectivity index (χ4n) is 1.16. The molecule has 98 valence electrons. The third-order valence-corrected chi connectivity index (χ3v) is 3.80. The largest absolute Gasteiger partial charge is 0.396 e. The van der Waals surface area contributed by atoms with E-state index in [9.17, 15) is 21.6 Å². The molecule has 0 saturated heterocycles. The number of hydrogen-bond acceptors (Lipinski definition) is 3. The van der Waals surface area contributed by atoms with E-state index >= 15 is 0 Å². The molecule has 0 aromatic carbocycles. The van der Waals surface area contributed by atoms with Crippen molar-refractivity contribution in [1.29, 1.82) is 0 Å². The zero-order valence-electron chi connectivity index (χ0n) is 8.96. The highest BCUT2D eigenvalue weighted by atomic mass is 32.2. The van der Waals surface area contributed by atoms with Crippen LogP contribution in [0.2, 0.25) is 0 Å². The van der Waals surface area contributed by atoms with Gasteiger partial charge >= 0.3 is 6.18 Å². The second-order valence-corrected chi connectivity index (χ2v) is 5.96. The van der Waals surface area contributed by atoms with Crippen molar-refractivity contribution in [2.24, 2.45) is 0 Å². The molecule has 0 fully saturated rings. The van der Waals surface area contributed by atoms with E-state index in [4.69, 9.17) is 5.11 Å². The Bertz CT molecular complexity index is 272. The molecule has 0 aromatic rings. The lowest BCUT2D eigenvalue weighted by atomic mass is 10.2. The summed E-state index contributed by atoms with van der Waals surface area (Å²) in [5.41, 5.74) is 0. The molecule has 0 aliphatic rings. The van der Waals surface area contributed by atoms with Gasteiger partial charge in [-0.1, -0.05) is 12.8 Å². The average molecular weight is 262 g/mol. The van der Waals surface area contributed by atoms with E-state index in [0.717, 1.165) is 0 Å². The molecule has 0 amide bonds. The predicted octanol–water partition coefficient (Wildman–Crippen LogP) is 1.91. The van der Waals surface area contributed by atoms with Crippen LogP contribution in [0.15, 0.2) is 0 Å². The molecule has 0 aliphatic heterocycles. The Morgan fingerprint density at radius 3 is 2.00 bits per heavy atom. The van der Waals surface area contributed by atoms with Crippen LogP contribution in [0.25, 0.3) is 0 Å². The normalized spacial score (nSPS) is 13.0. The maximum absolute atomic E-state index is 11.8. The fourth-order valence-corrected chi connectivity index (χ4v) is 2.55. The Kier molecular flexibility index (Phi) is 6.98. The summed E-state index contributed by atoms with van der Waals surface area (Å²) in [5, 5.41) is 8.46. The number of hydrogen-bond donors (Lipinski definition) is 1. The zero-order chi connectivity index (χ0) is 12.7. The van der Waals surface area contributed by atoms with Crippen LogP contribution in [-0.4, -0.2) is 37.8 Å². The van der Waals surface area contributed by atoms with Crippen molar-refractivity contribution in [1.82, 2.24) is 0 Å². The average Bonchev–Trinajstić information content (AvgIpc) is 2.14. The van der Waals surface area contributed by atoms with Gasteiger partial charge in [-0.3, -0.25) is 0 Å². The van der Waals surface area contributed by atoms with E-state index in [1.807, 2.05) is 0 Å². The van der Waals surface area contributed by atoms with Crippen molar-refractivity contribution in [2.45, 2.75) is 38.3 Å². The highest BCUT2D eigenvalue weighted by molar-refractivity contribution is 7.91.